The van der Waals surface area contributed by atoms with Crippen molar-refractivity contribution in [3.63, 3.8) is 0 Å². The van der Waals surface area contributed by atoms with Crippen molar-refractivity contribution in [1.82, 2.24) is 0 Å². The molecule has 0 saturated carbocycles. The molecule has 0 aliphatic rings. The minimum atomic E-state index is -0.526. The van der Waals surface area contributed by atoms with Crippen LogP contribution in [-0.2, 0) is 6.42 Å². The van der Waals surface area contributed by atoms with Crippen molar-refractivity contribution in [3.8, 4) is 11.8 Å². The number of nitriles is 1. The van der Waals surface area contributed by atoms with Crippen LogP contribution in [0.3, 0.4) is 0 Å². The number of ether oxygens (including phenoxy) is 1. The predicted octanol–water partition coefficient (Wildman–Crippen LogP) is 1.88. The molecule has 15 heavy (non-hydrogen) atoms. The SMILES string of the molecule is CCc1ccc(OCC(C)O)c(C#N)c1. The van der Waals surface area contributed by atoms with E-state index < -0.39 is 6.10 Å². The first kappa shape index (κ1) is 11.5. The molecule has 1 rings (SSSR count). The van der Waals surface area contributed by atoms with Crippen LogP contribution >= 0.6 is 0 Å². The Balaban J connectivity index is 2.84. The third-order valence-corrected chi connectivity index (χ3v) is 2.05. The maximum Gasteiger partial charge on any atom is 0.137 e. The second-order valence-electron chi connectivity index (χ2n) is 3.46. The summed E-state index contributed by atoms with van der Waals surface area (Å²) in [5, 5.41) is 18.0. The topological polar surface area (TPSA) is 53.2 Å². The van der Waals surface area contributed by atoms with E-state index in [1.54, 1.807) is 13.0 Å². The highest BCUT2D eigenvalue weighted by Gasteiger charge is 2.05. The van der Waals surface area contributed by atoms with Crippen molar-refractivity contribution in [2.24, 2.45) is 0 Å². The lowest BCUT2D eigenvalue weighted by Gasteiger charge is -2.10. The molecule has 0 saturated heterocycles. The Morgan fingerprint density at radius 2 is 2.27 bits per heavy atom. The molecule has 0 amide bonds. The Bertz CT molecular complexity index is 366. The first-order valence-electron chi connectivity index (χ1n) is 5.01. The maximum absolute atomic E-state index is 9.07. The van der Waals surface area contributed by atoms with Crippen LogP contribution in [0, 0.1) is 11.3 Å². The second-order valence-corrected chi connectivity index (χ2v) is 3.46. The van der Waals surface area contributed by atoms with Gasteiger partial charge in [-0.15, -0.1) is 0 Å². The Morgan fingerprint density at radius 3 is 2.80 bits per heavy atom. The molecule has 1 unspecified atom stereocenters. The standard InChI is InChI=1S/C12H15NO2/c1-3-10-4-5-12(11(6-10)7-13)15-8-9(2)14/h4-6,9,14H,3,8H2,1-2H3. The molecule has 3 nitrogen and oxygen atoms in total. The van der Waals surface area contributed by atoms with Crippen LogP contribution in [0.1, 0.15) is 25.0 Å². The predicted molar refractivity (Wildman–Crippen MR) is 57.7 cm³/mol. The zero-order chi connectivity index (χ0) is 11.3. The van der Waals surface area contributed by atoms with Gasteiger partial charge in [0.25, 0.3) is 0 Å². The number of nitrogens with zero attached hydrogens (tertiary/aromatic N) is 1. The number of hydrogen-bond donors (Lipinski definition) is 1. The smallest absolute Gasteiger partial charge is 0.137 e. The van der Waals surface area contributed by atoms with E-state index in [2.05, 4.69) is 6.07 Å². The Hall–Kier alpha value is -1.53. The van der Waals surface area contributed by atoms with E-state index in [0.29, 0.717) is 11.3 Å². The van der Waals surface area contributed by atoms with Crippen LogP contribution in [-0.4, -0.2) is 17.8 Å². The van der Waals surface area contributed by atoms with Gasteiger partial charge in [0, 0.05) is 0 Å². The molecular weight excluding hydrogens is 190 g/mol. The van der Waals surface area contributed by atoms with E-state index in [0.717, 1.165) is 12.0 Å². The fourth-order valence-corrected chi connectivity index (χ4v) is 1.22. The number of aliphatic hydroxyl groups excluding tert-OH is 1. The molecule has 1 N–H and O–H groups in total. The summed E-state index contributed by atoms with van der Waals surface area (Å²) in [5.74, 6) is 0.538. The summed E-state index contributed by atoms with van der Waals surface area (Å²) < 4.78 is 5.32. The number of hydrogen-bond acceptors (Lipinski definition) is 3. The van der Waals surface area contributed by atoms with Crippen LogP contribution in [0.15, 0.2) is 18.2 Å². The molecule has 0 spiro atoms. The molecule has 0 heterocycles. The van der Waals surface area contributed by atoms with Crippen LogP contribution in [0.4, 0.5) is 0 Å². The second kappa shape index (κ2) is 5.38. The van der Waals surface area contributed by atoms with Crippen molar-refractivity contribution >= 4 is 0 Å². The molecule has 0 bridgehead atoms. The number of benzene rings is 1. The van der Waals surface area contributed by atoms with Gasteiger partial charge >= 0.3 is 0 Å². The van der Waals surface area contributed by atoms with Gasteiger partial charge in [0.05, 0.1) is 11.7 Å². The number of aliphatic hydroxyl groups is 1. The highest BCUT2D eigenvalue weighted by Crippen LogP contribution is 2.19. The van der Waals surface area contributed by atoms with E-state index >= 15 is 0 Å². The normalized spacial score (nSPS) is 11.9. The van der Waals surface area contributed by atoms with Crippen LogP contribution < -0.4 is 4.74 Å². The van der Waals surface area contributed by atoms with E-state index in [-0.39, 0.29) is 6.61 Å². The maximum atomic E-state index is 9.07. The molecule has 0 fully saturated rings. The van der Waals surface area contributed by atoms with Crippen molar-refractivity contribution in [2.75, 3.05) is 6.61 Å². The monoisotopic (exact) mass is 205 g/mol. The lowest BCUT2D eigenvalue weighted by Crippen LogP contribution is -2.13. The van der Waals surface area contributed by atoms with Crippen molar-refractivity contribution in [1.29, 1.82) is 5.26 Å². The van der Waals surface area contributed by atoms with Crippen LogP contribution in [0.5, 0.6) is 5.75 Å². The van der Waals surface area contributed by atoms with Gasteiger partial charge in [-0.3, -0.25) is 0 Å². The third-order valence-electron chi connectivity index (χ3n) is 2.05. The first-order valence-corrected chi connectivity index (χ1v) is 5.01. The van der Waals surface area contributed by atoms with Gasteiger partial charge in [0.2, 0.25) is 0 Å². The van der Waals surface area contributed by atoms with Crippen LogP contribution in [0.2, 0.25) is 0 Å². The van der Waals surface area contributed by atoms with Gasteiger partial charge < -0.3 is 9.84 Å². The van der Waals surface area contributed by atoms with Gasteiger partial charge in [-0.25, -0.2) is 0 Å². The summed E-state index contributed by atoms with van der Waals surface area (Å²) >= 11 is 0. The number of rotatable bonds is 4. The molecule has 3 heteroatoms. The van der Waals surface area contributed by atoms with Gasteiger partial charge in [-0.1, -0.05) is 13.0 Å². The first-order chi connectivity index (χ1) is 7.17. The van der Waals surface area contributed by atoms with Crippen LogP contribution in [0.25, 0.3) is 0 Å². The van der Waals surface area contributed by atoms with Gasteiger partial charge in [0.15, 0.2) is 0 Å². The zero-order valence-electron chi connectivity index (χ0n) is 9.03. The van der Waals surface area contributed by atoms with Crippen molar-refractivity contribution in [3.05, 3.63) is 29.3 Å². The summed E-state index contributed by atoms with van der Waals surface area (Å²) in [6.45, 7) is 3.89. The number of aryl methyl sites for hydroxylation is 1. The zero-order valence-corrected chi connectivity index (χ0v) is 9.03. The molecule has 0 aliphatic carbocycles. The molecular formula is C12H15NO2. The Morgan fingerprint density at radius 1 is 1.53 bits per heavy atom. The average Bonchev–Trinajstić information content (AvgIpc) is 2.25. The summed E-state index contributed by atoms with van der Waals surface area (Å²) in [6, 6.07) is 7.61. The third kappa shape index (κ3) is 3.26. The molecule has 0 radical (unpaired) electrons. The van der Waals surface area contributed by atoms with E-state index in [1.165, 1.54) is 0 Å². The summed E-state index contributed by atoms with van der Waals surface area (Å²) in [5.41, 5.74) is 1.63. The summed E-state index contributed by atoms with van der Waals surface area (Å²) in [4.78, 5) is 0. The average molecular weight is 205 g/mol. The molecule has 1 aromatic rings. The summed E-state index contributed by atoms with van der Waals surface area (Å²) in [7, 11) is 0. The fraction of sp³-hybridized carbons (Fsp3) is 0.417. The van der Waals surface area contributed by atoms with Crippen molar-refractivity contribution < 1.29 is 9.84 Å². The lowest BCUT2D eigenvalue weighted by atomic mass is 10.1. The largest absolute Gasteiger partial charge is 0.490 e. The molecule has 1 aromatic carbocycles. The quantitative estimate of drug-likeness (QED) is 0.816. The fourth-order valence-electron chi connectivity index (χ4n) is 1.22. The Labute approximate surface area is 89.9 Å². The minimum Gasteiger partial charge on any atom is -0.490 e. The van der Waals surface area contributed by atoms with E-state index in [4.69, 9.17) is 15.1 Å². The highest BCUT2D eigenvalue weighted by atomic mass is 16.5. The molecule has 0 aliphatic heterocycles. The van der Waals surface area contributed by atoms with E-state index in [9.17, 15) is 0 Å². The highest BCUT2D eigenvalue weighted by molar-refractivity contribution is 5.45. The lowest BCUT2D eigenvalue weighted by molar-refractivity contribution is 0.122. The summed E-state index contributed by atoms with van der Waals surface area (Å²) in [6.07, 6.45) is 0.369. The van der Waals surface area contributed by atoms with Gasteiger partial charge in [0.1, 0.15) is 18.4 Å². The van der Waals surface area contributed by atoms with Gasteiger partial charge in [-0.05, 0) is 31.0 Å². The van der Waals surface area contributed by atoms with Gasteiger partial charge in [-0.2, -0.15) is 5.26 Å². The Kier molecular flexibility index (Phi) is 4.14. The van der Waals surface area contributed by atoms with Crippen molar-refractivity contribution in [2.45, 2.75) is 26.4 Å². The molecule has 80 valence electrons. The van der Waals surface area contributed by atoms with E-state index in [1.807, 2.05) is 19.1 Å². The molecule has 1 atom stereocenters. The minimum absolute atomic E-state index is 0.208. The molecule has 0 aromatic heterocycles.